The Kier molecular flexibility index (Phi) is 6.02. The Morgan fingerprint density at radius 2 is 1.76 bits per heavy atom. The van der Waals surface area contributed by atoms with Crippen LogP contribution in [0.3, 0.4) is 0 Å². The average molecular weight is 304 g/mol. The zero-order chi connectivity index (χ0) is 16.0. The highest BCUT2D eigenvalue weighted by Gasteiger charge is 2.30. The van der Waals surface area contributed by atoms with Gasteiger partial charge in [0.2, 0.25) is 5.91 Å². The standard InChI is InChI=1S/C14H19F3N2O2/c1-9(2)19-13(20)10(3)18-8-11-4-6-12(7-5-11)21-14(15,16)17/h4-7,9-10,18H,8H2,1-3H3,(H,19,20). The summed E-state index contributed by atoms with van der Waals surface area (Å²) in [4.78, 5) is 11.7. The van der Waals surface area contributed by atoms with Gasteiger partial charge < -0.3 is 15.4 Å². The van der Waals surface area contributed by atoms with E-state index in [0.29, 0.717) is 6.54 Å². The minimum Gasteiger partial charge on any atom is -0.406 e. The summed E-state index contributed by atoms with van der Waals surface area (Å²) in [5.41, 5.74) is 0.758. The molecular formula is C14H19F3N2O2. The number of hydrogen-bond acceptors (Lipinski definition) is 3. The van der Waals surface area contributed by atoms with Crippen LogP contribution in [0, 0.1) is 0 Å². The second-order valence-corrected chi connectivity index (χ2v) is 4.96. The van der Waals surface area contributed by atoms with Crippen LogP contribution in [0.4, 0.5) is 13.2 Å². The molecule has 21 heavy (non-hydrogen) atoms. The molecule has 4 nitrogen and oxygen atoms in total. The van der Waals surface area contributed by atoms with E-state index in [-0.39, 0.29) is 17.7 Å². The maximum atomic E-state index is 12.0. The Morgan fingerprint density at radius 3 is 2.24 bits per heavy atom. The van der Waals surface area contributed by atoms with Gasteiger partial charge in [-0.25, -0.2) is 0 Å². The average Bonchev–Trinajstić information content (AvgIpc) is 2.35. The van der Waals surface area contributed by atoms with Crippen LogP contribution in [-0.2, 0) is 11.3 Å². The number of alkyl halides is 3. The van der Waals surface area contributed by atoms with Crippen molar-refractivity contribution in [2.45, 2.75) is 45.8 Å². The Bertz CT molecular complexity index is 458. The van der Waals surface area contributed by atoms with Crippen molar-refractivity contribution in [3.63, 3.8) is 0 Å². The number of nitrogens with one attached hydrogen (secondary N) is 2. The van der Waals surface area contributed by atoms with Crippen LogP contribution in [0.5, 0.6) is 5.75 Å². The van der Waals surface area contributed by atoms with Gasteiger partial charge in [-0.2, -0.15) is 0 Å². The number of carbonyl (C=O) groups is 1. The molecule has 0 radical (unpaired) electrons. The van der Waals surface area contributed by atoms with Gasteiger partial charge in [0.05, 0.1) is 6.04 Å². The van der Waals surface area contributed by atoms with Crippen LogP contribution in [0.25, 0.3) is 0 Å². The van der Waals surface area contributed by atoms with Gasteiger partial charge in [-0.1, -0.05) is 12.1 Å². The second-order valence-electron chi connectivity index (χ2n) is 4.96. The number of hydrogen-bond donors (Lipinski definition) is 2. The molecule has 0 aliphatic heterocycles. The van der Waals surface area contributed by atoms with E-state index in [2.05, 4.69) is 15.4 Å². The summed E-state index contributed by atoms with van der Waals surface area (Å²) in [7, 11) is 0. The Balaban J connectivity index is 2.47. The molecule has 0 aliphatic carbocycles. The van der Waals surface area contributed by atoms with E-state index >= 15 is 0 Å². The molecule has 1 amide bonds. The molecule has 0 heterocycles. The van der Waals surface area contributed by atoms with Crippen molar-refractivity contribution in [3.05, 3.63) is 29.8 Å². The Labute approximate surface area is 121 Å². The summed E-state index contributed by atoms with van der Waals surface area (Å²) < 4.78 is 39.8. The minimum atomic E-state index is -4.69. The van der Waals surface area contributed by atoms with Crippen molar-refractivity contribution in [1.82, 2.24) is 10.6 Å². The lowest BCUT2D eigenvalue weighted by molar-refractivity contribution is -0.274. The first kappa shape index (κ1) is 17.3. The fourth-order valence-electron chi connectivity index (χ4n) is 1.58. The van der Waals surface area contributed by atoms with Crippen molar-refractivity contribution in [2.75, 3.05) is 0 Å². The normalized spacial score (nSPS) is 13.1. The molecular weight excluding hydrogens is 285 g/mol. The van der Waals surface area contributed by atoms with E-state index in [1.54, 1.807) is 6.92 Å². The van der Waals surface area contributed by atoms with Crippen LogP contribution >= 0.6 is 0 Å². The molecule has 7 heteroatoms. The second kappa shape index (κ2) is 7.31. The van der Waals surface area contributed by atoms with Gasteiger partial charge in [0.25, 0.3) is 0 Å². The number of rotatable bonds is 6. The maximum absolute atomic E-state index is 12.0. The molecule has 0 spiro atoms. The van der Waals surface area contributed by atoms with Gasteiger partial charge in [-0.05, 0) is 38.5 Å². The van der Waals surface area contributed by atoms with Crippen LogP contribution in [-0.4, -0.2) is 24.4 Å². The van der Waals surface area contributed by atoms with E-state index in [9.17, 15) is 18.0 Å². The SMILES string of the molecule is CC(C)NC(=O)C(C)NCc1ccc(OC(F)(F)F)cc1. The minimum absolute atomic E-state index is 0.0561. The molecule has 1 unspecified atom stereocenters. The molecule has 0 bridgehead atoms. The summed E-state index contributed by atoms with van der Waals surface area (Å²) >= 11 is 0. The van der Waals surface area contributed by atoms with Crippen LogP contribution in [0.1, 0.15) is 26.3 Å². The topological polar surface area (TPSA) is 50.4 Å². The van der Waals surface area contributed by atoms with Crippen molar-refractivity contribution in [2.24, 2.45) is 0 Å². The molecule has 2 N–H and O–H groups in total. The van der Waals surface area contributed by atoms with E-state index in [1.807, 2.05) is 13.8 Å². The zero-order valence-corrected chi connectivity index (χ0v) is 12.1. The lowest BCUT2D eigenvalue weighted by atomic mass is 10.2. The monoisotopic (exact) mass is 304 g/mol. The summed E-state index contributed by atoms with van der Waals surface area (Å²) in [6.07, 6.45) is -4.69. The van der Waals surface area contributed by atoms with Gasteiger partial charge in [-0.15, -0.1) is 13.2 Å². The van der Waals surface area contributed by atoms with Gasteiger partial charge in [0.1, 0.15) is 5.75 Å². The van der Waals surface area contributed by atoms with Crippen LogP contribution < -0.4 is 15.4 Å². The lowest BCUT2D eigenvalue weighted by Crippen LogP contribution is -2.44. The van der Waals surface area contributed by atoms with E-state index in [1.165, 1.54) is 24.3 Å². The highest BCUT2D eigenvalue weighted by Crippen LogP contribution is 2.22. The third kappa shape index (κ3) is 6.99. The first-order chi connectivity index (χ1) is 9.67. The highest BCUT2D eigenvalue weighted by molar-refractivity contribution is 5.81. The fraction of sp³-hybridized carbons (Fsp3) is 0.500. The molecule has 1 atom stereocenters. The quantitative estimate of drug-likeness (QED) is 0.849. The lowest BCUT2D eigenvalue weighted by Gasteiger charge is -2.16. The van der Waals surface area contributed by atoms with Crippen molar-refractivity contribution in [3.8, 4) is 5.75 Å². The zero-order valence-electron chi connectivity index (χ0n) is 12.1. The van der Waals surface area contributed by atoms with E-state index in [4.69, 9.17) is 0 Å². The van der Waals surface area contributed by atoms with Gasteiger partial charge in [0, 0.05) is 12.6 Å². The number of benzene rings is 1. The van der Waals surface area contributed by atoms with Gasteiger partial charge in [-0.3, -0.25) is 4.79 Å². The Hall–Kier alpha value is -1.76. The van der Waals surface area contributed by atoms with Gasteiger partial charge in [0.15, 0.2) is 0 Å². The van der Waals surface area contributed by atoms with E-state index < -0.39 is 12.4 Å². The number of amides is 1. The predicted octanol–water partition coefficient (Wildman–Crippen LogP) is 2.59. The largest absolute Gasteiger partial charge is 0.573 e. The molecule has 0 saturated carbocycles. The fourth-order valence-corrected chi connectivity index (χ4v) is 1.58. The summed E-state index contributed by atoms with van der Waals surface area (Å²) in [5, 5.41) is 5.76. The number of halogens is 3. The van der Waals surface area contributed by atoms with Gasteiger partial charge >= 0.3 is 6.36 Å². The molecule has 0 aromatic heterocycles. The van der Waals surface area contributed by atoms with Crippen LogP contribution in [0.15, 0.2) is 24.3 Å². The van der Waals surface area contributed by atoms with Crippen molar-refractivity contribution < 1.29 is 22.7 Å². The van der Waals surface area contributed by atoms with Crippen LogP contribution in [0.2, 0.25) is 0 Å². The molecule has 0 saturated heterocycles. The number of ether oxygens (including phenoxy) is 1. The first-order valence-corrected chi connectivity index (χ1v) is 6.56. The maximum Gasteiger partial charge on any atom is 0.573 e. The third-order valence-electron chi connectivity index (χ3n) is 2.59. The Morgan fingerprint density at radius 1 is 1.19 bits per heavy atom. The molecule has 1 aromatic rings. The first-order valence-electron chi connectivity index (χ1n) is 6.56. The smallest absolute Gasteiger partial charge is 0.406 e. The molecule has 1 rings (SSSR count). The summed E-state index contributed by atoms with van der Waals surface area (Å²) in [6, 6.07) is 5.17. The summed E-state index contributed by atoms with van der Waals surface area (Å²) in [6.45, 7) is 5.83. The molecule has 118 valence electrons. The number of carbonyl (C=O) groups excluding carboxylic acids is 1. The highest BCUT2D eigenvalue weighted by atomic mass is 19.4. The summed E-state index contributed by atoms with van der Waals surface area (Å²) in [5.74, 6) is -0.390. The van der Waals surface area contributed by atoms with Crippen molar-refractivity contribution >= 4 is 5.91 Å². The predicted molar refractivity (Wildman–Crippen MR) is 72.7 cm³/mol. The van der Waals surface area contributed by atoms with Crippen molar-refractivity contribution in [1.29, 1.82) is 0 Å². The molecule has 1 aromatic carbocycles. The molecule has 0 fully saturated rings. The molecule has 0 aliphatic rings. The van der Waals surface area contributed by atoms with E-state index in [0.717, 1.165) is 5.56 Å². The third-order valence-corrected chi connectivity index (χ3v) is 2.59.